The third kappa shape index (κ3) is 4.17. The van der Waals surface area contributed by atoms with Gasteiger partial charge in [-0.25, -0.2) is 5.43 Å². The van der Waals surface area contributed by atoms with Crippen LogP contribution in [-0.2, 0) is 6.42 Å². The molecule has 0 unspecified atom stereocenters. The zero-order valence-electron chi connectivity index (χ0n) is 13.2. The van der Waals surface area contributed by atoms with E-state index in [1.165, 1.54) is 0 Å². The van der Waals surface area contributed by atoms with E-state index in [1.807, 2.05) is 84.9 Å². The van der Waals surface area contributed by atoms with Crippen molar-refractivity contribution in [1.29, 1.82) is 0 Å². The van der Waals surface area contributed by atoms with E-state index in [-0.39, 0.29) is 5.91 Å². The van der Waals surface area contributed by atoms with E-state index in [2.05, 4.69) is 10.5 Å². The molecule has 24 heavy (non-hydrogen) atoms. The highest BCUT2D eigenvalue weighted by Gasteiger charge is 2.04. The predicted octanol–water partition coefficient (Wildman–Crippen LogP) is 4.31. The van der Waals surface area contributed by atoms with Crippen molar-refractivity contribution in [3.8, 4) is 11.1 Å². The van der Waals surface area contributed by atoms with Crippen LogP contribution in [0.3, 0.4) is 0 Å². The molecule has 0 bridgehead atoms. The van der Waals surface area contributed by atoms with E-state index in [9.17, 15) is 4.79 Å². The van der Waals surface area contributed by atoms with Crippen LogP contribution in [0.1, 0.15) is 15.9 Å². The number of hydrogen-bond donors (Lipinski definition) is 1. The van der Waals surface area contributed by atoms with Gasteiger partial charge < -0.3 is 0 Å². The molecule has 118 valence electrons. The Morgan fingerprint density at radius 2 is 1.38 bits per heavy atom. The Bertz CT molecular complexity index is 809. The van der Waals surface area contributed by atoms with Crippen molar-refractivity contribution < 1.29 is 4.79 Å². The molecule has 3 rings (SSSR count). The molecule has 0 radical (unpaired) electrons. The Balaban J connectivity index is 1.57. The molecule has 0 aliphatic rings. The largest absolute Gasteiger partial charge is 0.271 e. The van der Waals surface area contributed by atoms with E-state index in [0.717, 1.165) is 16.7 Å². The first-order chi connectivity index (χ1) is 11.8. The number of nitrogens with zero attached hydrogens (tertiary/aromatic N) is 1. The van der Waals surface area contributed by atoms with Gasteiger partial charge in [0, 0.05) is 18.2 Å². The monoisotopic (exact) mass is 314 g/mol. The summed E-state index contributed by atoms with van der Waals surface area (Å²) in [7, 11) is 0. The number of nitrogens with one attached hydrogen (secondary N) is 1. The molecule has 0 fully saturated rings. The lowest BCUT2D eigenvalue weighted by molar-refractivity contribution is 0.0955. The molecule has 0 aromatic heterocycles. The fourth-order valence-corrected chi connectivity index (χ4v) is 2.38. The summed E-state index contributed by atoms with van der Waals surface area (Å²) in [5, 5.41) is 4.00. The minimum absolute atomic E-state index is 0.209. The van der Waals surface area contributed by atoms with Gasteiger partial charge in [0.1, 0.15) is 0 Å². The molecule has 3 nitrogen and oxygen atoms in total. The average molecular weight is 314 g/mol. The van der Waals surface area contributed by atoms with Crippen molar-refractivity contribution in [2.24, 2.45) is 5.10 Å². The summed E-state index contributed by atoms with van der Waals surface area (Å²) in [5.41, 5.74) is 6.52. The average Bonchev–Trinajstić information content (AvgIpc) is 2.67. The van der Waals surface area contributed by atoms with Crippen LogP contribution in [0.2, 0.25) is 0 Å². The molecular weight excluding hydrogens is 296 g/mol. The van der Waals surface area contributed by atoms with Gasteiger partial charge in [-0.3, -0.25) is 4.79 Å². The van der Waals surface area contributed by atoms with Gasteiger partial charge in [0.25, 0.3) is 5.91 Å². The Morgan fingerprint density at radius 1 is 0.792 bits per heavy atom. The Labute approximate surface area is 141 Å². The molecule has 3 aromatic carbocycles. The van der Waals surface area contributed by atoms with Gasteiger partial charge in [-0.1, -0.05) is 72.8 Å². The van der Waals surface area contributed by atoms with Crippen LogP contribution in [0.4, 0.5) is 0 Å². The molecule has 0 spiro atoms. The van der Waals surface area contributed by atoms with Gasteiger partial charge in [0.05, 0.1) is 0 Å². The SMILES string of the molecule is O=C(NN=CCc1ccccc1)c1ccc(-c2ccccc2)cc1. The van der Waals surface area contributed by atoms with E-state index < -0.39 is 0 Å². The Hall–Kier alpha value is -3.20. The van der Waals surface area contributed by atoms with Crippen molar-refractivity contribution in [2.75, 3.05) is 0 Å². The summed E-state index contributed by atoms with van der Waals surface area (Å²) in [4.78, 5) is 12.1. The lowest BCUT2D eigenvalue weighted by Crippen LogP contribution is -2.17. The van der Waals surface area contributed by atoms with Crippen LogP contribution in [0.15, 0.2) is 90.0 Å². The van der Waals surface area contributed by atoms with E-state index >= 15 is 0 Å². The summed E-state index contributed by atoms with van der Waals surface area (Å²) < 4.78 is 0. The van der Waals surface area contributed by atoms with E-state index in [0.29, 0.717) is 12.0 Å². The van der Waals surface area contributed by atoms with Crippen molar-refractivity contribution in [2.45, 2.75) is 6.42 Å². The standard InChI is InChI=1S/C21H18N2O/c24-21(23-22-16-15-17-7-3-1-4-8-17)20-13-11-19(12-14-20)18-9-5-2-6-10-18/h1-14,16H,15H2,(H,23,24). The number of hydrogen-bond acceptors (Lipinski definition) is 2. The van der Waals surface area contributed by atoms with Crippen LogP contribution in [-0.4, -0.2) is 12.1 Å². The molecule has 0 aliphatic carbocycles. The summed E-state index contributed by atoms with van der Waals surface area (Å²) in [6.45, 7) is 0. The predicted molar refractivity (Wildman–Crippen MR) is 98.0 cm³/mol. The maximum absolute atomic E-state index is 12.1. The quantitative estimate of drug-likeness (QED) is 0.553. The molecule has 0 atom stereocenters. The van der Waals surface area contributed by atoms with Crippen LogP contribution in [0.25, 0.3) is 11.1 Å². The highest BCUT2D eigenvalue weighted by molar-refractivity contribution is 5.94. The van der Waals surface area contributed by atoms with E-state index in [4.69, 9.17) is 0 Å². The zero-order valence-corrected chi connectivity index (χ0v) is 13.2. The second-order valence-corrected chi connectivity index (χ2v) is 5.39. The molecule has 3 heteroatoms. The molecule has 0 aliphatic heterocycles. The molecule has 0 saturated carbocycles. The van der Waals surface area contributed by atoms with Crippen LogP contribution in [0.5, 0.6) is 0 Å². The fourth-order valence-electron chi connectivity index (χ4n) is 2.38. The number of hydrazone groups is 1. The number of rotatable bonds is 5. The zero-order chi connectivity index (χ0) is 16.6. The molecular formula is C21H18N2O. The third-order valence-corrected chi connectivity index (χ3v) is 3.68. The Kier molecular flexibility index (Phi) is 5.15. The smallest absolute Gasteiger partial charge is 0.267 e. The maximum atomic E-state index is 12.1. The second kappa shape index (κ2) is 7.88. The summed E-state index contributed by atoms with van der Waals surface area (Å²) in [6.07, 6.45) is 2.39. The molecule has 1 N–H and O–H groups in total. The molecule has 3 aromatic rings. The summed E-state index contributed by atoms with van der Waals surface area (Å²) in [6, 6.07) is 27.6. The summed E-state index contributed by atoms with van der Waals surface area (Å²) in [5.74, 6) is -0.209. The normalized spacial score (nSPS) is 10.7. The first kappa shape index (κ1) is 15.7. The maximum Gasteiger partial charge on any atom is 0.271 e. The van der Waals surface area contributed by atoms with Crippen LogP contribution in [0, 0.1) is 0 Å². The van der Waals surface area contributed by atoms with Gasteiger partial charge in [0.15, 0.2) is 0 Å². The third-order valence-electron chi connectivity index (χ3n) is 3.68. The van der Waals surface area contributed by atoms with Crippen LogP contribution >= 0.6 is 0 Å². The van der Waals surface area contributed by atoms with Gasteiger partial charge in [-0.2, -0.15) is 5.10 Å². The van der Waals surface area contributed by atoms with Crippen LogP contribution < -0.4 is 5.43 Å². The molecule has 0 saturated heterocycles. The minimum atomic E-state index is -0.209. The second-order valence-electron chi connectivity index (χ2n) is 5.39. The van der Waals surface area contributed by atoms with E-state index in [1.54, 1.807) is 6.21 Å². The van der Waals surface area contributed by atoms with Gasteiger partial charge in [-0.15, -0.1) is 0 Å². The van der Waals surface area contributed by atoms with Crippen molar-refractivity contribution in [3.05, 3.63) is 96.1 Å². The van der Waals surface area contributed by atoms with Gasteiger partial charge >= 0.3 is 0 Å². The molecule has 0 heterocycles. The lowest BCUT2D eigenvalue weighted by Gasteiger charge is -2.03. The first-order valence-corrected chi connectivity index (χ1v) is 7.84. The topological polar surface area (TPSA) is 41.5 Å². The highest BCUT2D eigenvalue weighted by atomic mass is 16.2. The molecule has 1 amide bonds. The van der Waals surface area contributed by atoms with Crippen molar-refractivity contribution >= 4 is 12.1 Å². The van der Waals surface area contributed by atoms with Crippen molar-refractivity contribution in [1.82, 2.24) is 5.43 Å². The highest BCUT2D eigenvalue weighted by Crippen LogP contribution is 2.19. The lowest BCUT2D eigenvalue weighted by atomic mass is 10.0. The number of amides is 1. The first-order valence-electron chi connectivity index (χ1n) is 7.84. The number of carbonyl (C=O) groups is 1. The van der Waals surface area contributed by atoms with Gasteiger partial charge in [0.2, 0.25) is 0 Å². The number of carbonyl (C=O) groups excluding carboxylic acids is 1. The minimum Gasteiger partial charge on any atom is -0.267 e. The summed E-state index contributed by atoms with van der Waals surface area (Å²) >= 11 is 0. The number of benzene rings is 3. The van der Waals surface area contributed by atoms with Gasteiger partial charge in [-0.05, 0) is 28.8 Å². The Morgan fingerprint density at radius 3 is 2.04 bits per heavy atom. The fraction of sp³-hybridized carbons (Fsp3) is 0.0476. The van der Waals surface area contributed by atoms with Crippen molar-refractivity contribution in [3.63, 3.8) is 0 Å².